The average molecular weight is 248 g/mol. The van der Waals surface area contributed by atoms with Gasteiger partial charge in [0, 0.05) is 24.8 Å². The molecule has 2 unspecified atom stereocenters. The van der Waals surface area contributed by atoms with E-state index in [1.54, 1.807) is 0 Å². The van der Waals surface area contributed by atoms with Crippen LogP contribution in [0.4, 0.5) is 5.69 Å². The number of aliphatic hydroxyl groups is 1. The van der Waals surface area contributed by atoms with Gasteiger partial charge < -0.3 is 15.7 Å². The van der Waals surface area contributed by atoms with Crippen molar-refractivity contribution in [3.63, 3.8) is 0 Å². The van der Waals surface area contributed by atoms with Crippen LogP contribution < -0.4 is 10.6 Å². The first-order valence-electron chi connectivity index (χ1n) is 6.46. The fourth-order valence-electron chi connectivity index (χ4n) is 2.27. The Morgan fingerprint density at radius 3 is 3.06 bits per heavy atom. The van der Waals surface area contributed by atoms with Crippen molar-refractivity contribution >= 4 is 11.6 Å². The highest BCUT2D eigenvalue weighted by Crippen LogP contribution is 2.25. The Morgan fingerprint density at radius 1 is 1.56 bits per heavy atom. The zero-order chi connectivity index (χ0) is 13.0. The van der Waals surface area contributed by atoms with Crippen LogP contribution in [0.3, 0.4) is 0 Å². The summed E-state index contributed by atoms with van der Waals surface area (Å²) >= 11 is 0. The van der Waals surface area contributed by atoms with Crippen molar-refractivity contribution < 1.29 is 9.90 Å². The van der Waals surface area contributed by atoms with Crippen LogP contribution in [0.15, 0.2) is 24.3 Å². The lowest BCUT2D eigenvalue weighted by Gasteiger charge is -2.17. The molecule has 1 aliphatic heterocycles. The highest BCUT2D eigenvalue weighted by Gasteiger charge is 2.26. The highest BCUT2D eigenvalue weighted by molar-refractivity contribution is 5.87. The fraction of sp³-hybridized carbons (Fsp3) is 0.500. The first-order valence-corrected chi connectivity index (χ1v) is 6.46. The second-order valence-electron chi connectivity index (χ2n) is 4.83. The van der Waals surface area contributed by atoms with Crippen LogP contribution in [0.1, 0.15) is 25.3 Å². The summed E-state index contributed by atoms with van der Waals surface area (Å²) in [7, 11) is 0. The Labute approximate surface area is 107 Å². The smallest absolute Gasteiger partial charge is 0.243 e. The summed E-state index contributed by atoms with van der Waals surface area (Å²) < 4.78 is 0. The van der Waals surface area contributed by atoms with Gasteiger partial charge in [0.15, 0.2) is 0 Å². The fourth-order valence-corrected chi connectivity index (χ4v) is 2.27. The second kappa shape index (κ2) is 5.87. The number of hydrogen-bond acceptors (Lipinski definition) is 3. The number of benzene rings is 1. The molecule has 0 spiro atoms. The normalized spacial score (nSPS) is 18.9. The summed E-state index contributed by atoms with van der Waals surface area (Å²) in [6.07, 6.45) is 2.27. The van der Waals surface area contributed by atoms with Crippen molar-refractivity contribution in [1.29, 1.82) is 0 Å². The molecular formula is C14H20N2O2. The van der Waals surface area contributed by atoms with Crippen molar-refractivity contribution in [3.8, 4) is 0 Å². The maximum Gasteiger partial charge on any atom is 0.243 e. The largest absolute Gasteiger partial charge is 0.396 e. The molecule has 1 aromatic rings. The van der Waals surface area contributed by atoms with Gasteiger partial charge in [0.05, 0.1) is 0 Å². The predicted octanol–water partition coefficient (Wildman–Crippen LogP) is 1.30. The van der Waals surface area contributed by atoms with Crippen molar-refractivity contribution in [2.75, 3.05) is 11.9 Å². The second-order valence-corrected chi connectivity index (χ2v) is 4.83. The van der Waals surface area contributed by atoms with Crippen molar-refractivity contribution in [3.05, 3.63) is 29.8 Å². The molecule has 4 heteroatoms. The van der Waals surface area contributed by atoms with E-state index in [1.165, 1.54) is 5.56 Å². The summed E-state index contributed by atoms with van der Waals surface area (Å²) in [5.74, 6) is 0.0386. The number of nitrogens with one attached hydrogen (secondary N) is 2. The minimum Gasteiger partial charge on any atom is -0.396 e. The van der Waals surface area contributed by atoms with Gasteiger partial charge >= 0.3 is 0 Å². The van der Waals surface area contributed by atoms with Gasteiger partial charge in [-0.2, -0.15) is 0 Å². The van der Waals surface area contributed by atoms with E-state index in [0.29, 0.717) is 0 Å². The number of amides is 1. The molecule has 2 atom stereocenters. The molecule has 1 amide bonds. The average Bonchev–Trinajstić information content (AvgIpc) is 2.80. The number of carbonyl (C=O) groups excluding carboxylic acids is 1. The van der Waals surface area contributed by atoms with E-state index in [9.17, 15) is 4.79 Å². The molecule has 98 valence electrons. The topological polar surface area (TPSA) is 61.4 Å². The Hall–Kier alpha value is -1.55. The molecular weight excluding hydrogens is 228 g/mol. The van der Waals surface area contributed by atoms with Crippen LogP contribution in [-0.2, 0) is 11.2 Å². The van der Waals surface area contributed by atoms with E-state index in [-0.39, 0.29) is 24.6 Å². The van der Waals surface area contributed by atoms with Gasteiger partial charge in [-0.25, -0.2) is 0 Å². The SMILES string of the molecule is CC(CCCO)NC(=O)C1Cc2ccccc2N1. The predicted molar refractivity (Wildman–Crippen MR) is 71.5 cm³/mol. The maximum atomic E-state index is 12.1. The molecule has 0 radical (unpaired) electrons. The summed E-state index contributed by atoms with van der Waals surface area (Å²) in [5.41, 5.74) is 2.25. The molecule has 0 fully saturated rings. The van der Waals surface area contributed by atoms with Crippen LogP contribution >= 0.6 is 0 Å². The van der Waals surface area contributed by atoms with Gasteiger partial charge in [-0.3, -0.25) is 4.79 Å². The Balaban J connectivity index is 1.85. The van der Waals surface area contributed by atoms with E-state index < -0.39 is 0 Å². The van der Waals surface area contributed by atoms with Gasteiger partial charge in [-0.15, -0.1) is 0 Å². The number of rotatable bonds is 5. The zero-order valence-electron chi connectivity index (χ0n) is 10.6. The van der Waals surface area contributed by atoms with Crippen LogP contribution in [0, 0.1) is 0 Å². The quantitative estimate of drug-likeness (QED) is 0.736. The summed E-state index contributed by atoms with van der Waals surface area (Å²) in [5, 5.41) is 15.0. The van der Waals surface area contributed by atoms with Crippen LogP contribution in [0.5, 0.6) is 0 Å². The molecule has 1 aliphatic rings. The molecule has 0 saturated heterocycles. The monoisotopic (exact) mass is 248 g/mol. The molecule has 3 N–H and O–H groups in total. The lowest BCUT2D eigenvalue weighted by molar-refractivity contribution is -0.122. The Bertz CT molecular complexity index is 395. The molecule has 2 rings (SSSR count). The minimum atomic E-state index is -0.168. The van der Waals surface area contributed by atoms with E-state index in [2.05, 4.69) is 10.6 Å². The molecule has 4 nitrogen and oxygen atoms in total. The van der Waals surface area contributed by atoms with Crippen LogP contribution in [0.25, 0.3) is 0 Å². The number of anilines is 1. The summed E-state index contributed by atoms with van der Waals surface area (Å²) in [6, 6.07) is 7.94. The molecule has 0 bridgehead atoms. The molecule has 1 heterocycles. The molecule has 0 aliphatic carbocycles. The first-order chi connectivity index (χ1) is 8.70. The van der Waals surface area contributed by atoms with E-state index in [1.807, 2.05) is 31.2 Å². The summed E-state index contributed by atoms with van der Waals surface area (Å²) in [6.45, 7) is 2.14. The van der Waals surface area contributed by atoms with Crippen LogP contribution in [0.2, 0.25) is 0 Å². The van der Waals surface area contributed by atoms with Gasteiger partial charge in [0.25, 0.3) is 0 Å². The lowest BCUT2D eigenvalue weighted by atomic mass is 10.1. The number of aliphatic hydroxyl groups excluding tert-OH is 1. The zero-order valence-corrected chi connectivity index (χ0v) is 10.6. The van der Waals surface area contributed by atoms with Gasteiger partial charge in [-0.05, 0) is 31.4 Å². The molecule has 1 aromatic carbocycles. The molecule has 0 saturated carbocycles. The third-order valence-corrected chi connectivity index (χ3v) is 3.27. The van der Waals surface area contributed by atoms with Crippen molar-refractivity contribution in [2.45, 2.75) is 38.3 Å². The first kappa shape index (κ1) is 12.9. The highest BCUT2D eigenvalue weighted by atomic mass is 16.3. The standard InChI is InChI=1S/C14H20N2O2/c1-10(5-4-8-17)15-14(18)13-9-11-6-2-3-7-12(11)16-13/h2-3,6-7,10,13,16-17H,4-5,8-9H2,1H3,(H,15,18). The van der Waals surface area contributed by atoms with Gasteiger partial charge in [0.1, 0.15) is 6.04 Å². The third kappa shape index (κ3) is 3.01. The van der Waals surface area contributed by atoms with E-state index in [0.717, 1.165) is 24.9 Å². The molecule has 0 aromatic heterocycles. The molecule has 18 heavy (non-hydrogen) atoms. The number of fused-ring (bicyclic) bond motifs is 1. The van der Waals surface area contributed by atoms with Gasteiger partial charge in [-0.1, -0.05) is 18.2 Å². The lowest BCUT2D eigenvalue weighted by Crippen LogP contribution is -2.42. The minimum absolute atomic E-state index is 0.0386. The van der Waals surface area contributed by atoms with Crippen LogP contribution in [-0.4, -0.2) is 29.7 Å². The number of hydrogen-bond donors (Lipinski definition) is 3. The number of para-hydroxylation sites is 1. The number of carbonyl (C=O) groups is 1. The van der Waals surface area contributed by atoms with E-state index in [4.69, 9.17) is 5.11 Å². The Kier molecular flexibility index (Phi) is 4.20. The summed E-state index contributed by atoms with van der Waals surface area (Å²) in [4.78, 5) is 12.1. The third-order valence-electron chi connectivity index (χ3n) is 3.27. The maximum absolute atomic E-state index is 12.1. The van der Waals surface area contributed by atoms with E-state index >= 15 is 0 Å². The van der Waals surface area contributed by atoms with Crippen molar-refractivity contribution in [1.82, 2.24) is 5.32 Å². The van der Waals surface area contributed by atoms with Gasteiger partial charge in [0.2, 0.25) is 5.91 Å². The Morgan fingerprint density at radius 2 is 2.33 bits per heavy atom. The van der Waals surface area contributed by atoms with Crippen molar-refractivity contribution in [2.24, 2.45) is 0 Å².